The van der Waals surface area contributed by atoms with Crippen molar-refractivity contribution in [2.24, 2.45) is 17.6 Å². The quantitative estimate of drug-likeness (QED) is 0.397. The van der Waals surface area contributed by atoms with Crippen LogP contribution in [0.15, 0.2) is 48.8 Å². The van der Waals surface area contributed by atoms with Crippen LogP contribution in [0.25, 0.3) is 11.2 Å². The maximum Gasteiger partial charge on any atom is 0.238 e. The predicted octanol–water partition coefficient (Wildman–Crippen LogP) is 3.87. The number of ether oxygens (including phenoxy) is 1. The van der Waals surface area contributed by atoms with Crippen LogP contribution in [-0.2, 0) is 5.41 Å². The number of H-pyrrole nitrogens is 1. The van der Waals surface area contributed by atoms with E-state index in [1.807, 2.05) is 18.2 Å². The minimum absolute atomic E-state index is 0.170. The van der Waals surface area contributed by atoms with Gasteiger partial charge in [-0.15, -0.1) is 0 Å². The Morgan fingerprint density at radius 3 is 2.91 bits per heavy atom. The Labute approximate surface area is 200 Å². The molecule has 3 unspecified atom stereocenters. The van der Waals surface area contributed by atoms with Gasteiger partial charge in [-0.1, -0.05) is 29.8 Å². The summed E-state index contributed by atoms with van der Waals surface area (Å²) in [5.41, 5.74) is 13.7. The third-order valence-corrected chi connectivity index (χ3v) is 7.65. The molecule has 0 amide bonds. The van der Waals surface area contributed by atoms with Crippen LogP contribution in [-0.4, -0.2) is 39.6 Å². The number of nitrogens with zero attached hydrogens (tertiary/aromatic N) is 4. The fraction of sp³-hybridized carbons (Fsp3) is 0.292. The first-order chi connectivity index (χ1) is 16.5. The molecule has 0 bridgehead atoms. The maximum atomic E-state index is 14.6. The number of nitrogens with one attached hydrogen (secondary N) is 1. The maximum absolute atomic E-state index is 14.6. The zero-order chi connectivity index (χ0) is 23.4. The first-order valence-corrected chi connectivity index (χ1v) is 11.5. The molecule has 4 aromatic rings. The summed E-state index contributed by atoms with van der Waals surface area (Å²) in [6, 6.07) is 10.6. The molecule has 2 fully saturated rings. The number of nitrogens with two attached hydrogens (primary N) is 2. The van der Waals surface area contributed by atoms with E-state index in [1.165, 1.54) is 18.5 Å². The van der Waals surface area contributed by atoms with Gasteiger partial charge in [0.05, 0.1) is 6.20 Å². The SMILES string of the molecule is NCC1(c2ccccc2F)C2CCN(c3cc4nc(Oc5ccnc(N)c5Cl)cnc4[nH]3)CC21. The Morgan fingerprint density at radius 2 is 2.09 bits per heavy atom. The van der Waals surface area contributed by atoms with Crippen molar-refractivity contribution in [1.29, 1.82) is 0 Å². The van der Waals surface area contributed by atoms with Crippen LogP contribution in [0.1, 0.15) is 12.0 Å². The highest BCUT2D eigenvalue weighted by molar-refractivity contribution is 6.34. The van der Waals surface area contributed by atoms with Gasteiger partial charge in [-0.25, -0.2) is 19.3 Å². The van der Waals surface area contributed by atoms with Crippen molar-refractivity contribution < 1.29 is 9.13 Å². The standard InChI is InChI=1S/C24H23ClFN7O/c25-21-18(5-7-29-22(21)28)34-20-10-30-23-17(31-20)9-19(32-23)33-8-6-13-15(11-33)24(13,12-27)14-3-1-2-4-16(14)26/h1-5,7,9-10,13,15H,6,8,11-12,27H2,(H2,28,29)(H,30,32). The molecule has 1 saturated heterocycles. The number of pyridine rings is 1. The minimum Gasteiger partial charge on any atom is -0.436 e. The van der Waals surface area contributed by atoms with E-state index < -0.39 is 0 Å². The second-order valence-electron chi connectivity index (χ2n) is 8.88. The van der Waals surface area contributed by atoms with E-state index in [9.17, 15) is 4.39 Å². The number of halogens is 2. The Kier molecular flexibility index (Phi) is 4.86. The van der Waals surface area contributed by atoms with Gasteiger partial charge < -0.3 is 26.1 Å². The topological polar surface area (TPSA) is 119 Å². The summed E-state index contributed by atoms with van der Waals surface area (Å²) >= 11 is 6.17. The molecule has 2 aliphatic rings. The number of rotatable bonds is 5. The molecule has 34 heavy (non-hydrogen) atoms. The molecule has 1 aliphatic heterocycles. The van der Waals surface area contributed by atoms with Crippen molar-refractivity contribution in [2.75, 3.05) is 30.3 Å². The third kappa shape index (κ3) is 3.19. The molecular weight excluding hydrogens is 457 g/mol. The van der Waals surface area contributed by atoms with E-state index in [-0.39, 0.29) is 22.1 Å². The lowest BCUT2D eigenvalue weighted by molar-refractivity contribution is 0.462. The van der Waals surface area contributed by atoms with Crippen molar-refractivity contribution in [2.45, 2.75) is 11.8 Å². The van der Waals surface area contributed by atoms with E-state index in [0.717, 1.165) is 30.9 Å². The Balaban J connectivity index is 1.24. The van der Waals surface area contributed by atoms with Crippen molar-refractivity contribution >= 4 is 34.4 Å². The lowest BCUT2D eigenvalue weighted by Gasteiger charge is -2.26. The normalized spacial score (nSPS) is 23.7. The van der Waals surface area contributed by atoms with Gasteiger partial charge in [-0.05, 0) is 29.9 Å². The second kappa shape index (κ2) is 7.82. The highest BCUT2D eigenvalue weighted by Gasteiger charge is 2.66. The van der Waals surface area contributed by atoms with Crippen LogP contribution in [0.3, 0.4) is 0 Å². The Bertz CT molecular complexity index is 1400. The van der Waals surface area contributed by atoms with Crippen molar-refractivity contribution in [3.8, 4) is 11.6 Å². The van der Waals surface area contributed by atoms with Crippen LogP contribution in [0, 0.1) is 17.7 Å². The molecule has 1 aliphatic carbocycles. The molecule has 3 aromatic heterocycles. The van der Waals surface area contributed by atoms with Crippen LogP contribution >= 0.6 is 11.6 Å². The van der Waals surface area contributed by atoms with Crippen LogP contribution in [0.5, 0.6) is 11.6 Å². The fourth-order valence-corrected chi connectivity index (χ4v) is 5.72. The molecule has 10 heteroatoms. The van der Waals surface area contributed by atoms with Crippen molar-refractivity contribution in [3.63, 3.8) is 0 Å². The zero-order valence-electron chi connectivity index (χ0n) is 18.2. The smallest absolute Gasteiger partial charge is 0.238 e. The van der Waals surface area contributed by atoms with Gasteiger partial charge in [0, 0.05) is 43.4 Å². The summed E-state index contributed by atoms with van der Waals surface area (Å²) in [6.07, 6.45) is 3.99. The molecule has 8 nitrogen and oxygen atoms in total. The van der Waals surface area contributed by atoms with E-state index in [0.29, 0.717) is 41.2 Å². The molecular formula is C24H23ClFN7O. The van der Waals surface area contributed by atoms with E-state index in [4.69, 9.17) is 27.8 Å². The summed E-state index contributed by atoms with van der Waals surface area (Å²) in [6.45, 7) is 2.08. The van der Waals surface area contributed by atoms with Gasteiger partial charge in [-0.3, -0.25) is 0 Å². The molecule has 0 spiro atoms. The highest BCUT2D eigenvalue weighted by atomic mass is 35.5. The van der Waals surface area contributed by atoms with E-state index in [1.54, 1.807) is 12.1 Å². The lowest BCUT2D eigenvalue weighted by Crippen LogP contribution is -2.32. The molecule has 6 rings (SSSR count). The molecule has 174 valence electrons. The molecule has 3 atom stereocenters. The number of aromatic amines is 1. The molecule has 1 aromatic carbocycles. The summed E-state index contributed by atoms with van der Waals surface area (Å²) in [4.78, 5) is 18.5. The fourth-order valence-electron chi connectivity index (χ4n) is 5.57. The third-order valence-electron chi connectivity index (χ3n) is 7.27. The van der Waals surface area contributed by atoms with Gasteiger partial charge in [-0.2, -0.15) is 0 Å². The lowest BCUT2D eigenvalue weighted by atomic mass is 9.91. The Hall–Kier alpha value is -3.43. The molecule has 1 saturated carbocycles. The van der Waals surface area contributed by atoms with Gasteiger partial charge in [0.25, 0.3) is 0 Å². The summed E-state index contributed by atoms with van der Waals surface area (Å²) in [5, 5.41) is 0.227. The summed E-state index contributed by atoms with van der Waals surface area (Å²) in [7, 11) is 0. The average Bonchev–Trinajstić information content (AvgIpc) is 3.30. The number of anilines is 2. The van der Waals surface area contributed by atoms with Crippen molar-refractivity contribution in [3.05, 3.63) is 65.2 Å². The molecule has 5 N–H and O–H groups in total. The van der Waals surface area contributed by atoms with Crippen LogP contribution in [0.4, 0.5) is 16.0 Å². The Morgan fingerprint density at radius 1 is 1.24 bits per heavy atom. The first kappa shape index (κ1) is 21.1. The number of hydrogen-bond acceptors (Lipinski definition) is 7. The van der Waals surface area contributed by atoms with Crippen molar-refractivity contribution in [1.82, 2.24) is 19.9 Å². The second-order valence-corrected chi connectivity index (χ2v) is 9.26. The summed E-state index contributed by atoms with van der Waals surface area (Å²) < 4.78 is 20.4. The van der Waals surface area contributed by atoms with E-state index in [2.05, 4.69) is 24.8 Å². The average molecular weight is 480 g/mol. The minimum atomic E-state index is -0.296. The number of hydrogen-bond donors (Lipinski definition) is 3. The van der Waals surface area contributed by atoms with Crippen LogP contribution in [0.2, 0.25) is 5.02 Å². The monoisotopic (exact) mass is 479 g/mol. The van der Waals surface area contributed by atoms with Crippen LogP contribution < -0.4 is 21.1 Å². The predicted molar refractivity (Wildman–Crippen MR) is 129 cm³/mol. The van der Waals surface area contributed by atoms with Gasteiger partial charge in [0.2, 0.25) is 5.88 Å². The number of nitrogen functional groups attached to an aromatic ring is 1. The van der Waals surface area contributed by atoms with E-state index >= 15 is 0 Å². The van der Waals surface area contributed by atoms with Gasteiger partial charge in [0.15, 0.2) is 11.4 Å². The number of aromatic nitrogens is 4. The number of piperidine rings is 1. The zero-order valence-corrected chi connectivity index (χ0v) is 19.0. The van der Waals surface area contributed by atoms with Gasteiger partial charge in [0.1, 0.15) is 28.0 Å². The summed E-state index contributed by atoms with van der Waals surface area (Å²) in [5.74, 6) is 2.29. The number of fused-ring (bicyclic) bond motifs is 2. The van der Waals surface area contributed by atoms with Gasteiger partial charge >= 0.3 is 0 Å². The molecule has 0 radical (unpaired) electrons. The largest absolute Gasteiger partial charge is 0.436 e. The first-order valence-electron chi connectivity index (χ1n) is 11.1. The highest BCUT2D eigenvalue weighted by Crippen LogP contribution is 2.63. The molecule has 4 heterocycles. The number of benzene rings is 1.